The molecule has 1 heterocycles. The van der Waals surface area contributed by atoms with Gasteiger partial charge in [-0.3, -0.25) is 4.90 Å². The Bertz CT molecular complexity index is 767. The summed E-state index contributed by atoms with van der Waals surface area (Å²) < 4.78 is 90.8. The second-order valence-electron chi connectivity index (χ2n) is 10.0. The summed E-state index contributed by atoms with van der Waals surface area (Å²) in [6, 6.07) is 0.185. The number of rotatable bonds is 8. The van der Waals surface area contributed by atoms with Gasteiger partial charge in [0.2, 0.25) is 0 Å². The van der Waals surface area contributed by atoms with Crippen LogP contribution in [0.25, 0.3) is 0 Å². The molecule has 0 amide bonds. The SMILES string of the molecule is COC1COCCC1N[C@@H]1CC[C@H](C(C)N(CC2C=C(C(F)(F)F)C=C(C(F)(F)F)C2)C(C)O)C1. The molecule has 2 N–H and O–H groups in total. The average molecular weight is 515 g/mol. The van der Waals surface area contributed by atoms with E-state index in [1.165, 1.54) is 6.92 Å². The average Bonchev–Trinajstić information content (AvgIpc) is 3.24. The molecule has 2 aliphatic carbocycles. The molecule has 1 saturated heterocycles. The molecular formula is C24H36F6N2O3. The third-order valence-electron chi connectivity index (χ3n) is 7.58. The van der Waals surface area contributed by atoms with E-state index in [4.69, 9.17) is 9.47 Å². The van der Waals surface area contributed by atoms with E-state index in [-0.39, 0.29) is 42.8 Å². The number of hydrogen-bond acceptors (Lipinski definition) is 5. The number of alkyl halides is 6. The molecular weight excluding hydrogens is 478 g/mol. The van der Waals surface area contributed by atoms with Crippen LogP contribution in [0.15, 0.2) is 23.3 Å². The smallest absolute Gasteiger partial charge is 0.379 e. The van der Waals surface area contributed by atoms with E-state index < -0.39 is 42.1 Å². The maximum Gasteiger partial charge on any atom is 0.416 e. The van der Waals surface area contributed by atoms with Crippen LogP contribution in [0, 0.1) is 11.8 Å². The van der Waals surface area contributed by atoms with Crippen molar-refractivity contribution in [2.24, 2.45) is 11.8 Å². The Balaban J connectivity index is 1.66. The predicted octanol–water partition coefficient (Wildman–Crippen LogP) is 4.57. The van der Waals surface area contributed by atoms with Gasteiger partial charge in [0.1, 0.15) is 6.23 Å². The molecule has 1 saturated carbocycles. The van der Waals surface area contributed by atoms with Crippen LogP contribution in [0.3, 0.4) is 0 Å². The van der Waals surface area contributed by atoms with Gasteiger partial charge in [-0.15, -0.1) is 0 Å². The third kappa shape index (κ3) is 7.44. The fourth-order valence-electron chi connectivity index (χ4n) is 5.63. The number of methoxy groups -OCH3 is 1. The van der Waals surface area contributed by atoms with Crippen LogP contribution in [0.1, 0.15) is 46.0 Å². The molecule has 3 aliphatic rings. The molecule has 35 heavy (non-hydrogen) atoms. The highest BCUT2D eigenvalue weighted by molar-refractivity contribution is 5.35. The molecule has 5 nitrogen and oxygen atoms in total. The van der Waals surface area contributed by atoms with Crippen LogP contribution in [0.2, 0.25) is 0 Å². The van der Waals surface area contributed by atoms with Gasteiger partial charge >= 0.3 is 12.4 Å². The van der Waals surface area contributed by atoms with Gasteiger partial charge in [-0.1, -0.05) is 6.08 Å². The molecule has 5 unspecified atom stereocenters. The predicted molar refractivity (Wildman–Crippen MR) is 119 cm³/mol. The highest BCUT2D eigenvalue weighted by Gasteiger charge is 2.43. The Morgan fingerprint density at radius 1 is 1.14 bits per heavy atom. The first-order chi connectivity index (χ1) is 16.3. The van der Waals surface area contributed by atoms with E-state index in [1.54, 1.807) is 12.0 Å². The van der Waals surface area contributed by atoms with Gasteiger partial charge in [-0.05, 0) is 63.9 Å². The molecule has 0 bridgehead atoms. The van der Waals surface area contributed by atoms with Crippen LogP contribution in [0.4, 0.5) is 26.3 Å². The zero-order valence-electron chi connectivity index (χ0n) is 20.3. The lowest BCUT2D eigenvalue weighted by Gasteiger charge is -2.38. The number of nitrogens with one attached hydrogen (secondary N) is 1. The molecule has 0 aromatic carbocycles. The standard InChI is InChI=1S/C24H36F6N2O3/c1-14(17-4-5-20(10-17)31-21-6-7-35-13-22(21)34-3)32(15(2)33)12-16-8-18(23(25,26)27)11-19(9-16)24(28,29)30/h8,11,14-17,20-22,31,33H,4-7,9-10,12-13H2,1-3H3/t14?,15?,16?,17-,20+,21?,22?/m0/s1. The second kappa shape index (κ2) is 11.5. The molecule has 202 valence electrons. The number of allylic oxidation sites excluding steroid dienone is 3. The van der Waals surface area contributed by atoms with E-state index >= 15 is 0 Å². The van der Waals surface area contributed by atoms with E-state index in [9.17, 15) is 31.4 Å². The molecule has 11 heteroatoms. The largest absolute Gasteiger partial charge is 0.416 e. The van der Waals surface area contributed by atoms with Crippen LogP contribution in [-0.4, -0.2) is 79.7 Å². The second-order valence-corrected chi connectivity index (χ2v) is 10.0. The lowest BCUT2D eigenvalue weighted by Crippen LogP contribution is -2.51. The lowest BCUT2D eigenvalue weighted by atomic mass is 9.88. The highest BCUT2D eigenvalue weighted by Crippen LogP contribution is 2.41. The van der Waals surface area contributed by atoms with Crippen molar-refractivity contribution in [2.75, 3.05) is 26.9 Å². The molecule has 2 fully saturated rings. The van der Waals surface area contributed by atoms with Crippen molar-refractivity contribution in [3.05, 3.63) is 23.3 Å². The number of aliphatic hydroxyl groups is 1. The fraction of sp³-hybridized carbons (Fsp3) is 0.833. The third-order valence-corrected chi connectivity index (χ3v) is 7.58. The van der Waals surface area contributed by atoms with Crippen molar-refractivity contribution < 1.29 is 40.9 Å². The van der Waals surface area contributed by atoms with Crippen molar-refractivity contribution in [3.8, 4) is 0 Å². The zero-order chi connectivity index (χ0) is 26.0. The molecule has 0 spiro atoms. The van der Waals surface area contributed by atoms with Crippen molar-refractivity contribution in [1.29, 1.82) is 0 Å². The summed E-state index contributed by atoms with van der Waals surface area (Å²) >= 11 is 0. The molecule has 0 aromatic rings. The van der Waals surface area contributed by atoms with Crippen LogP contribution >= 0.6 is 0 Å². The lowest BCUT2D eigenvalue weighted by molar-refractivity contribution is -0.101. The van der Waals surface area contributed by atoms with E-state index in [1.807, 2.05) is 6.92 Å². The number of ether oxygens (including phenoxy) is 2. The fourth-order valence-corrected chi connectivity index (χ4v) is 5.63. The molecule has 3 rings (SSSR count). The maximum atomic E-state index is 13.3. The van der Waals surface area contributed by atoms with E-state index in [2.05, 4.69) is 5.32 Å². The van der Waals surface area contributed by atoms with Crippen molar-refractivity contribution >= 4 is 0 Å². The summed E-state index contributed by atoms with van der Waals surface area (Å²) in [5.41, 5.74) is -2.47. The Hall–Kier alpha value is -1.14. The maximum absolute atomic E-state index is 13.3. The minimum Gasteiger partial charge on any atom is -0.379 e. The van der Waals surface area contributed by atoms with Gasteiger partial charge in [-0.25, -0.2) is 0 Å². The zero-order valence-corrected chi connectivity index (χ0v) is 20.3. The van der Waals surface area contributed by atoms with E-state index in [0.29, 0.717) is 13.2 Å². The van der Waals surface area contributed by atoms with Crippen LogP contribution < -0.4 is 5.32 Å². The minimum absolute atomic E-state index is 0.0361. The molecule has 0 radical (unpaired) electrons. The van der Waals surface area contributed by atoms with Crippen LogP contribution in [-0.2, 0) is 9.47 Å². The van der Waals surface area contributed by atoms with Gasteiger partial charge in [0, 0.05) is 44.0 Å². The summed E-state index contributed by atoms with van der Waals surface area (Å²) in [6.07, 6.45) is -6.83. The van der Waals surface area contributed by atoms with Crippen molar-refractivity contribution in [1.82, 2.24) is 10.2 Å². The first-order valence-electron chi connectivity index (χ1n) is 12.2. The number of hydrogen-bond donors (Lipinski definition) is 2. The number of halogens is 6. The Morgan fingerprint density at radius 2 is 1.86 bits per heavy atom. The molecule has 0 aromatic heterocycles. The normalized spacial score (nSPS) is 32.4. The quantitative estimate of drug-likeness (QED) is 0.367. The first-order valence-corrected chi connectivity index (χ1v) is 12.2. The summed E-state index contributed by atoms with van der Waals surface area (Å²) in [7, 11) is 1.65. The Labute approximate surface area is 202 Å². The molecule has 7 atom stereocenters. The summed E-state index contributed by atoms with van der Waals surface area (Å²) in [5.74, 6) is -0.861. The number of nitrogens with zero attached hydrogens (tertiary/aromatic N) is 1. The summed E-state index contributed by atoms with van der Waals surface area (Å²) in [4.78, 5) is 1.63. The Morgan fingerprint density at radius 3 is 2.46 bits per heavy atom. The minimum atomic E-state index is -4.87. The summed E-state index contributed by atoms with van der Waals surface area (Å²) in [6.45, 7) is 4.49. The van der Waals surface area contributed by atoms with Gasteiger partial charge in [-0.2, -0.15) is 26.3 Å². The number of aliphatic hydroxyl groups excluding tert-OH is 1. The highest BCUT2D eigenvalue weighted by atomic mass is 19.4. The van der Waals surface area contributed by atoms with Gasteiger partial charge in [0.15, 0.2) is 0 Å². The van der Waals surface area contributed by atoms with E-state index in [0.717, 1.165) is 31.8 Å². The van der Waals surface area contributed by atoms with Gasteiger partial charge < -0.3 is 19.9 Å². The summed E-state index contributed by atoms with van der Waals surface area (Å²) in [5, 5.41) is 14.1. The van der Waals surface area contributed by atoms with Gasteiger partial charge in [0.25, 0.3) is 0 Å². The topological polar surface area (TPSA) is 54.0 Å². The Kier molecular flexibility index (Phi) is 9.34. The van der Waals surface area contributed by atoms with Crippen LogP contribution in [0.5, 0.6) is 0 Å². The first kappa shape index (κ1) is 28.4. The monoisotopic (exact) mass is 514 g/mol. The van der Waals surface area contributed by atoms with Gasteiger partial charge in [0.05, 0.1) is 18.3 Å². The van der Waals surface area contributed by atoms with Crippen molar-refractivity contribution in [2.45, 2.75) is 88.8 Å². The van der Waals surface area contributed by atoms with Crippen molar-refractivity contribution in [3.63, 3.8) is 0 Å². The molecule has 1 aliphatic heterocycles.